The number of nitrogens with zero attached hydrogens (tertiary/aromatic N) is 1. The summed E-state index contributed by atoms with van der Waals surface area (Å²) in [6, 6.07) is 17.3. The molecule has 0 saturated heterocycles. The molecule has 0 aromatic heterocycles. The molecule has 0 amide bonds. The minimum atomic E-state index is -0.163. The smallest absolute Gasteiger partial charge is 0.191 e. The van der Waals surface area contributed by atoms with E-state index in [0.717, 1.165) is 43.9 Å². The van der Waals surface area contributed by atoms with Gasteiger partial charge in [-0.3, -0.25) is 4.99 Å². The van der Waals surface area contributed by atoms with Crippen LogP contribution in [0.25, 0.3) is 0 Å². The fourth-order valence-corrected chi connectivity index (χ4v) is 2.98. The van der Waals surface area contributed by atoms with Gasteiger partial charge in [0, 0.05) is 25.6 Å². The molecule has 2 aromatic rings. The predicted octanol–water partition coefficient (Wildman–Crippen LogP) is 3.27. The highest BCUT2D eigenvalue weighted by Crippen LogP contribution is 2.47. The molecule has 2 aromatic carbocycles. The van der Waals surface area contributed by atoms with Crippen LogP contribution in [-0.2, 0) is 11.8 Å². The summed E-state index contributed by atoms with van der Waals surface area (Å²) >= 11 is 0. The predicted molar refractivity (Wildman–Crippen MR) is 96.8 cm³/mol. The first kappa shape index (κ1) is 16.5. The van der Waals surface area contributed by atoms with Gasteiger partial charge in [0.25, 0.3) is 0 Å². The van der Waals surface area contributed by atoms with E-state index in [4.69, 9.17) is 0 Å². The van der Waals surface area contributed by atoms with Crippen molar-refractivity contribution in [1.82, 2.24) is 10.6 Å². The van der Waals surface area contributed by atoms with Crippen LogP contribution in [0, 0.1) is 5.82 Å². The molecule has 0 spiro atoms. The van der Waals surface area contributed by atoms with Gasteiger partial charge in [-0.25, -0.2) is 4.39 Å². The third-order valence-electron chi connectivity index (χ3n) is 4.66. The van der Waals surface area contributed by atoms with E-state index in [1.165, 1.54) is 11.6 Å². The molecule has 24 heavy (non-hydrogen) atoms. The average molecular weight is 325 g/mol. The molecule has 0 radical (unpaired) electrons. The van der Waals surface area contributed by atoms with E-state index in [2.05, 4.69) is 39.9 Å². The summed E-state index contributed by atoms with van der Waals surface area (Å²) in [5.41, 5.74) is 2.44. The highest BCUT2D eigenvalue weighted by Gasteiger charge is 2.44. The van der Waals surface area contributed by atoms with Crippen molar-refractivity contribution in [3.05, 3.63) is 71.5 Å². The van der Waals surface area contributed by atoms with Gasteiger partial charge in [0.15, 0.2) is 5.96 Å². The number of halogens is 1. The molecule has 0 bridgehead atoms. The first-order valence-corrected chi connectivity index (χ1v) is 8.46. The fraction of sp³-hybridized carbons (Fsp3) is 0.350. The lowest BCUT2D eigenvalue weighted by Crippen LogP contribution is -2.42. The van der Waals surface area contributed by atoms with Crippen LogP contribution in [0.4, 0.5) is 4.39 Å². The quantitative estimate of drug-likeness (QED) is 0.632. The zero-order chi connectivity index (χ0) is 16.8. The second kappa shape index (κ2) is 7.47. The van der Waals surface area contributed by atoms with E-state index >= 15 is 0 Å². The van der Waals surface area contributed by atoms with Crippen molar-refractivity contribution in [2.75, 3.05) is 20.1 Å². The zero-order valence-electron chi connectivity index (χ0n) is 14.1. The Morgan fingerprint density at radius 2 is 1.88 bits per heavy atom. The maximum absolute atomic E-state index is 13.5. The van der Waals surface area contributed by atoms with Crippen LogP contribution in [0.5, 0.6) is 0 Å². The number of aliphatic imine (C=N–C) groups is 1. The molecular weight excluding hydrogens is 301 g/mol. The Labute approximate surface area is 143 Å². The molecular formula is C20H24FN3. The second-order valence-electron chi connectivity index (χ2n) is 6.38. The minimum Gasteiger partial charge on any atom is -0.356 e. The van der Waals surface area contributed by atoms with Crippen LogP contribution >= 0.6 is 0 Å². The van der Waals surface area contributed by atoms with E-state index in [-0.39, 0.29) is 11.2 Å². The van der Waals surface area contributed by atoms with Crippen LogP contribution in [0.15, 0.2) is 59.6 Å². The van der Waals surface area contributed by atoms with E-state index in [9.17, 15) is 4.39 Å². The molecule has 0 heterocycles. The number of benzene rings is 2. The van der Waals surface area contributed by atoms with Gasteiger partial charge in [-0.05, 0) is 42.5 Å². The Kier molecular flexibility index (Phi) is 5.14. The van der Waals surface area contributed by atoms with Gasteiger partial charge in [0.1, 0.15) is 5.82 Å². The first-order chi connectivity index (χ1) is 11.7. The topological polar surface area (TPSA) is 36.4 Å². The zero-order valence-corrected chi connectivity index (χ0v) is 14.1. The number of rotatable bonds is 6. The van der Waals surface area contributed by atoms with E-state index in [1.807, 2.05) is 12.1 Å². The third-order valence-corrected chi connectivity index (χ3v) is 4.66. The van der Waals surface area contributed by atoms with Crippen molar-refractivity contribution in [3.8, 4) is 0 Å². The van der Waals surface area contributed by atoms with Crippen molar-refractivity contribution >= 4 is 5.96 Å². The highest BCUT2D eigenvalue weighted by atomic mass is 19.1. The normalized spacial score (nSPS) is 15.8. The molecule has 1 aliphatic carbocycles. The minimum absolute atomic E-state index is 0.0547. The SMILES string of the molecule is CN=C(NCCc1ccccc1)NCC1(c2cccc(F)c2)CC1. The third kappa shape index (κ3) is 4.13. The number of hydrogen-bond donors (Lipinski definition) is 2. The molecule has 4 heteroatoms. The summed E-state index contributed by atoms with van der Waals surface area (Å²) in [6.07, 6.45) is 3.13. The van der Waals surface area contributed by atoms with Gasteiger partial charge < -0.3 is 10.6 Å². The van der Waals surface area contributed by atoms with E-state index in [0.29, 0.717) is 0 Å². The maximum Gasteiger partial charge on any atom is 0.191 e. The van der Waals surface area contributed by atoms with Crippen molar-refractivity contribution < 1.29 is 4.39 Å². The van der Waals surface area contributed by atoms with Gasteiger partial charge in [0.05, 0.1) is 0 Å². The summed E-state index contributed by atoms with van der Waals surface area (Å²) in [5.74, 6) is 0.637. The van der Waals surface area contributed by atoms with Gasteiger partial charge in [-0.15, -0.1) is 0 Å². The van der Waals surface area contributed by atoms with Crippen molar-refractivity contribution in [2.24, 2.45) is 4.99 Å². The van der Waals surface area contributed by atoms with Crippen LogP contribution < -0.4 is 10.6 Å². The van der Waals surface area contributed by atoms with E-state index < -0.39 is 0 Å². The van der Waals surface area contributed by atoms with Crippen molar-refractivity contribution in [2.45, 2.75) is 24.7 Å². The number of nitrogens with one attached hydrogen (secondary N) is 2. The maximum atomic E-state index is 13.5. The Bertz CT molecular complexity index is 693. The van der Waals surface area contributed by atoms with Crippen molar-refractivity contribution in [1.29, 1.82) is 0 Å². The molecule has 0 unspecified atom stereocenters. The molecule has 126 valence electrons. The van der Waals surface area contributed by atoms with Gasteiger partial charge in [-0.1, -0.05) is 42.5 Å². The molecule has 3 nitrogen and oxygen atoms in total. The largest absolute Gasteiger partial charge is 0.356 e. The van der Waals surface area contributed by atoms with Gasteiger partial charge in [0.2, 0.25) is 0 Å². The van der Waals surface area contributed by atoms with Crippen LogP contribution in [0.3, 0.4) is 0 Å². The molecule has 1 saturated carbocycles. The summed E-state index contributed by atoms with van der Waals surface area (Å²) in [6.45, 7) is 1.61. The summed E-state index contributed by atoms with van der Waals surface area (Å²) in [5, 5.41) is 6.74. The Morgan fingerprint density at radius 3 is 2.54 bits per heavy atom. The highest BCUT2D eigenvalue weighted by molar-refractivity contribution is 5.79. The van der Waals surface area contributed by atoms with Gasteiger partial charge in [-0.2, -0.15) is 0 Å². The molecule has 0 atom stereocenters. The number of guanidine groups is 1. The van der Waals surface area contributed by atoms with Crippen LogP contribution in [-0.4, -0.2) is 26.1 Å². The monoisotopic (exact) mass is 325 g/mol. The molecule has 2 N–H and O–H groups in total. The first-order valence-electron chi connectivity index (χ1n) is 8.46. The second-order valence-corrected chi connectivity index (χ2v) is 6.38. The Balaban J connectivity index is 1.49. The van der Waals surface area contributed by atoms with Gasteiger partial charge >= 0.3 is 0 Å². The Morgan fingerprint density at radius 1 is 1.08 bits per heavy atom. The summed E-state index contributed by atoms with van der Waals surface area (Å²) in [4.78, 5) is 4.28. The standard InChI is InChI=1S/C20H24FN3/c1-22-19(23-13-10-16-6-3-2-4-7-16)24-15-20(11-12-20)17-8-5-9-18(21)14-17/h2-9,14H,10-13,15H2,1H3,(H2,22,23,24). The summed E-state index contributed by atoms with van der Waals surface area (Å²) < 4.78 is 13.5. The molecule has 0 aliphatic heterocycles. The molecule has 1 fully saturated rings. The fourth-order valence-electron chi connectivity index (χ4n) is 2.98. The lowest BCUT2D eigenvalue weighted by Gasteiger charge is -2.19. The van der Waals surface area contributed by atoms with Crippen LogP contribution in [0.1, 0.15) is 24.0 Å². The van der Waals surface area contributed by atoms with E-state index in [1.54, 1.807) is 19.2 Å². The summed E-state index contributed by atoms with van der Waals surface area (Å²) in [7, 11) is 1.78. The Hall–Kier alpha value is -2.36. The lowest BCUT2D eigenvalue weighted by molar-refractivity contribution is 0.607. The van der Waals surface area contributed by atoms with Crippen LogP contribution in [0.2, 0.25) is 0 Å². The lowest BCUT2D eigenvalue weighted by atomic mass is 9.96. The molecule has 1 aliphatic rings. The van der Waals surface area contributed by atoms with Crippen molar-refractivity contribution in [3.63, 3.8) is 0 Å². The number of hydrogen-bond acceptors (Lipinski definition) is 1. The molecule has 3 rings (SSSR count). The average Bonchev–Trinajstić information content (AvgIpc) is 3.40.